The second-order valence-electron chi connectivity index (χ2n) is 6.15. The maximum Gasteiger partial charge on any atom is 0.224 e. The van der Waals surface area contributed by atoms with E-state index in [9.17, 15) is 4.79 Å². The molecule has 1 heterocycles. The molecule has 20 heavy (non-hydrogen) atoms. The van der Waals surface area contributed by atoms with Gasteiger partial charge in [0.25, 0.3) is 0 Å². The minimum Gasteiger partial charge on any atom is -0.347 e. The molecular weight excluding hydrogens is 272 g/mol. The fourth-order valence-corrected chi connectivity index (χ4v) is 2.87. The predicted octanol–water partition coefficient (Wildman–Crippen LogP) is 3.03. The maximum absolute atomic E-state index is 12.3. The summed E-state index contributed by atoms with van der Waals surface area (Å²) in [7, 11) is 0. The van der Waals surface area contributed by atoms with Crippen LogP contribution < -0.4 is 5.32 Å². The smallest absolute Gasteiger partial charge is 0.224 e. The van der Waals surface area contributed by atoms with Crippen LogP contribution in [0.25, 0.3) is 0 Å². The number of hydrogen-bond donors (Lipinski definition) is 1. The molecule has 0 aromatic heterocycles. The van der Waals surface area contributed by atoms with Crippen LogP contribution in [0.15, 0.2) is 24.3 Å². The lowest BCUT2D eigenvalue weighted by Crippen LogP contribution is -2.48. The van der Waals surface area contributed by atoms with Gasteiger partial charge in [0.15, 0.2) is 0 Å². The minimum atomic E-state index is -0.460. The second-order valence-corrected chi connectivity index (χ2v) is 6.56. The molecule has 2 rings (SSSR count). The molecule has 0 bridgehead atoms. The molecular formula is C16H23ClN2O. The summed E-state index contributed by atoms with van der Waals surface area (Å²) in [4.78, 5) is 14.7. The van der Waals surface area contributed by atoms with E-state index in [0.29, 0.717) is 5.02 Å². The van der Waals surface area contributed by atoms with Crippen molar-refractivity contribution in [3.8, 4) is 0 Å². The van der Waals surface area contributed by atoms with Crippen molar-refractivity contribution in [2.24, 2.45) is 5.92 Å². The van der Waals surface area contributed by atoms with Crippen LogP contribution in [0.4, 0.5) is 0 Å². The number of hydrogen-bond acceptors (Lipinski definition) is 2. The lowest BCUT2D eigenvalue weighted by Gasteiger charge is -2.34. The highest BCUT2D eigenvalue weighted by molar-refractivity contribution is 6.31. The molecule has 0 saturated carbocycles. The highest BCUT2D eigenvalue weighted by Gasteiger charge is 2.28. The van der Waals surface area contributed by atoms with Gasteiger partial charge in [-0.1, -0.05) is 36.7 Å². The van der Waals surface area contributed by atoms with Crippen molar-refractivity contribution in [1.29, 1.82) is 0 Å². The molecule has 0 aliphatic carbocycles. The van der Waals surface area contributed by atoms with Crippen molar-refractivity contribution in [2.75, 3.05) is 19.6 Å². The van der Waals surface area contributed by atoms with Gasteiger partial charge in [-0.2, -0.15) is 0 Å². The molecule has 1 aromatic rings. The Hall–Kier alpha value is -1.06. The molecule has 0 radical (unpaired) electrons. The van der Waals surface area contributed by atoms with Gasteiger partial charge >= 0.3 is 0 Å². The van der Waals surface area contributed by atoms with Crippen LogP contribution >= 0.6 is 11.6 Å². The Morgan fingerprint density at radius 1 is 1.40 bits per heavy atom. The van der Waals surface area contributed by atoms with Gasteiger partial charge < -0.3 is 10.2 Å². The van der Waals surface area contributed by atoms with Gasteiger partial charge in [0, 0.05) is 17.5 Å². The number of likely N-dealkylation sites (tertiary alicyclic amines) is 1. The summed E-state index contributed by atoms with van der Waals surface area (Å²) in [5, 5.41) is 3.80. The fraction of sp³-hybridized carbons (Fsp3) is 0.562. The average Bonchev–Trinajstić information content (AvgIpc) is 2.33. The third-order valence-electron chi connectivity index (χ3n) is 3.91. The molecule has 1 saturated heterocycles. The summed E-state index contributed by atoms with van der Waals surface area (Å²) in [5.41, 5.74) is 0.490. The lowest BCUT2D eigenvalue weighted by atomic mass is 9.93. The molecule has 1 aliphatic rings. The van der Waals surface area contributed by atoms with E-state index in [1.165, 1.54) is 6.42 Å². The number of carbonyl (C=O) groups is 1. The Morgan fingerprint density at radius 2 is 2.05 bits per heavy atom. The first-order chi connectivity index (χ1) is 9.40. The maximum atomic E-state index is 12.3. The number of rotatable bonds is 5. The molecule has 1 atom stereocenters. The van der Waals surface area contributed by atoms with Crippen molar-refractivity contribution < 1.29 is 4.79 Å². The summed E-state index contributed by atoms with van der Waals surface area (Å²) < 4.78 is 0. The van der Waals surface area contributed by atoms with E-state index in [4.69, 9.17) is 11.6 Å². The SMILES string of the molecule is CC(CN1CCC1)C(=O)NC(C)(C)c1ccccc1Cl. The molecule has 3 nitrogen and oxygen atoms in total. The van der Waals surface area contributed by atoms with Gasteiger partial charge in [0.2, 0.25) is 5.91 Å². The summed E-state index contributed by atoms with van der Waals surface area (Å²) in [5.74, 6) is 0.0823. The summed E-state index contributed by atoms with van der Waals surface area (Å²) >= 11 is 6.23. The first-order valence-corrected chi connectivity index (χ1v) is 7.57. The van der Waals surface area contributed by atoms with Crippen LogP contribution in [-0.2, 0) is 10.3 Å². The molecule has 4 heteroatoms. The number of amides is 1. The van der Waals surface area contributed by atoms with Gasteiger partial charge in [-0.15, -0.1) is 0 Å². The van der Waals surface area contributed by atoms with Crippen LogP contribution in [0.1, 0.15) is 32.8 Å². The zero-order valence-electron chi connectivity index (χ0n) is 12.4. The first kappa shape index (κ1) is 15.3. The van der Waals surface area contributed by atoms with Crippen molar-refractivity contribution in [3.63, 3.8) is 0 Å². The molecule has 1 aliphatic heterocycles. The summed E-state index contributed by atoms with van der Waals surface area (Å²) in [6.45, 7) is 9.03. The van der Waals surface area contributed by atoms with E-state index in [2.05, 4.69) is 10.2 Å². The van der Waals surface area contributed by atoms with Crippen molar-refractivity contribution in [3.05, 3.63) is 34.9 Å². The van der Waals surface area contributed by atoms with Crippen molar-refractivity contribution in [2.45, 2.75) is 32.7 Å². The van der Waals surface area contributed by atoms with E-state index in [0.717, 1.165) is 25.2 Å². The summed E-state index contributed by atoms with van der Waals surface area (Å²) in [6.07, 6.45) is 1.25. The Bertz CT molecular complexity index is 483. The number of carbonyl (C=O) groups excluding carboxylic acids is 1. The summed E-state index contributed by atoms with van der Waals surface area (Å²) in [6, 6.07) is 7.66. The highest BCUT2D eigenvalue weighted by atomic mass is 35.5. The quantitative estimate of drug-likeness (QED) is 0.905. The van der Waals surface area contributed by atoms with E-state index in [-0.39, 0.29) is 11.8 Å². The molecule has 1 aromatic carbocycles. The zero-order valence-corrected chi connectivity index (χ0v) is 13.2. The van der Waals surface area contributed by atoms with E-state index in [1.54, 1.807) is 0 Å². The van der Waals surface area contributed by atoms with Crippen molar-refractivity contribution in [1.82, 2.24) is 10.2 Å². The molecule has 110 valence electrons. The van der Waals surface area contributed by atoms with Crippen LogP contribution in [0, 0.1) is 5.92 Å². The van der Waals surface area contributed by atoms with E-state index in [1.807, 2.05) is 45.0 Å². The predicted molar refractivity (Wildman–Crippen MR) is 82.8 cm³/mol. The zero-order chi connectivity index (χ0) is 14.8. The third kappa shape index (κ3) is 3.53. The first-order valence-electron chi connectivity index (χ1n) is 7.19. The monoisotopic (exact) mass is 294 g/mol. The minimum absolute atomic E-state index is 0.00272. The molecule has 0 spiro atoms. The van der Waals surface area contributed by atoms with E-state index >= 15 is 0 Å². The van der Waals surface area contributed by atoms with Crippen LogP contribution in [-0.4, -0.2) is 30.4 Å². The average molecular weight is 295 g/mol. The van der Waals surface area contributed by atoms with Crippen LogP contribution in [0.5, 0.6) is 0 Å². The fourth-order valence-electron chi connectivity index (χ4n) is 2.50. The van der Waals surface area contributed by atoms with Crippen LogP contribution in [0.2, 0.25) is 5.02 Å². The molecule has 1 unspecified atom stereocenters. The van der Waals surface area contributed by atoms with Gasteiger partial charge in [-0.05, 0) is 45.0 Å². The molecule has 1 N–H and O–H groups in total. The normalized spacial score (nSPS) is 17.4. The van der Waals surface area contributed by atoms with Crippen molar-refractivity contribution >= 4 is 17.5 Å². The Morgan fingerprint density at radius 3 is 2.60 bits per heavy atom. The van der Waals surface area contributed by atoms with Gasteiger partial charge in [0.1, 0.15) is 0 Å². The molecule has 1 amide bonds. The standard InChI is InChI=1S/C16H23ClN2O/c1-12(11-19-9-6-10-19)15(20)18-16(2,3)13-7-4-5-8-14(13)17/h4-5,7-8,12H,6,9-11H2,1-3H3,(H,18,20). The number of benzene rings is 1. The Kier molecular flexibility index (Phi) is 4.71. The van der Waals surface area contributed by atoms with E-state index < -0.39 is 5.54 Å². The molecule has 1 fully saturated rings. The number of halogens is 1. The largest absolute Gasteiger partial charge is 0.347 e. The Balaban J connectivity index is 1.99. The topological polar surface area (TPSA) is 32.3 Å². The van der Waals surface area contributed by atoms with Crippen LogP contribution in [0.3, 0.4) is 0 Å². The van der Waals surface area contributed by atoms with Gasteiger partial charge in [-0.25, -0.2) is 0 Å². The van der Waals surface area contributed by atoms with Gasteiger partial charge in [-0.3, -0.25) is 4.79 Å². The lowest BCUT2D eigenvalue weighted by molar-refractivity contribution is -0.127. The Labute approximate surface area is 126 Å². The van der Waals surface area contributed by atoms with Gasteiger partial charge in [0.05, 0.1) is 5.54 Å². The second kappa shape index (κ2) is 6.15. The third-order valence-corrected chi connectivity index (χ3v) is 4.24. The number of nitrogens with one attached hydrogen (secondary N) is 1. The highest BCUT2D eigenvalue weighted by Crippen LogP contribution is 2.27. The number of nitrogens with zero attached hydrogens (tertiary/aromatic N) is 1.